The topological polar surface area (TPSA) is 106 Å². The van der Waals surface area contributed by atoms with Crippen LogP contribution in [-0.2, 0) is 14.8 Å². The first kappa shape index (κ1) is 26.5. The van der Waals surface area contributed by atoms with E-state index in [1.807, 2.05) is 26.0 Å². The summed E-state index contributed by atoms with van der Waals surface area (Å²) in [6.07, 6.45) is 0. The number of halogens is 1. The van der Waals surface area contributed by atoms with Crippen LogP contribution in [0.5, 0.6) is 11.5 Å². The molecule has 3 N–H and O–H groups in total. The van der Waals surface area contributed by atoms with Gasteiger partial charge in [0, 0.05) is 11.4 Å². The van der Waals surface area contributed by atoms with Crippen LogP contribution >= 0.6 is 28.1 Å². The Kier molecular flexibility index (Phi) is 9.07. The number of carbonyl (C=O) groups is 1. The van der Waals surface area contributed by atoms with E-state index in [9.17, 15) is 13.2 Å². The second-order valence-electron chi connectivity index (χ2n) is 7.31. The molecule has 35 heavy (non-hydrogen) atoms. The largest absolute Gasteiger partial charge is 0.494 e. The zero-order valence-electron chi connectivity index (χ0n) is 19.0. The average Bonchev–Trinajstić information content (AvgIpc) is 2.80. The smallest absolute Gasteiger partial charge is 0.264 e. The summed E-state index contributed by atoms with van der Waals surface area (Å²) in [6, 6.07) is 18.1. The van der Waals surface area contributed by atoms with Crippen molar-refractivity contribution in [2.75, 3.05) is 23.3 Å². The normalized spacial score (nSPS) is 10.8. The number of carbonyl (C=O) groups excluding carboxylic acids is 1. The fraction of sp³-hybridized carbons (Fsp3) is 0.167. The Morgan fingerprint density at radius 1 is 0.971 bits per heavy atom. The molecular formula is C24H24BrN3O5S2. The van der Waals surface area contributed by atoms with Crippen LogP contribution in [0.2, 0.25) is 0 Å². The number of anilines is 2. The third kappa shape index (κ3) is 7.94. The first-order valence-corrected chi connectivity index (χ1v) is 13.2. The Labute approximate surface area is 218 Å². The molecule has 0 fully saturated rings. The maximum absolute atomic E-state index is 12.7. The molecule has 184 valence electrons. The molecule has 0 saturated heterocycles. The first-order chi connectivity index (χ1) is 16.7. The van der Waals surface area contributed by atoms with Crippen LogP contribution in [0.4, 0.5) is 11.4 Å². The van der Waals surface area contributed by atoms with E-state index in [0.717, 1.165) is 10.0 Å². The molecule has 0 radical (unpaired) electrons. The van der Waals surface area contributed by atoms with Gasteiger partial charge in [-0.2, -0.15) is 0 Å². The molecular weight excluding hydrogens is 554 g/mol. The Hall–Kier alpha value is -3.15. The van der Waals surface area contributed by atoms with Gasteiger partial charge in [-0.1, -0.05) is 6.07 Å². The van der Waals surface area contributed by atoms with Crippen molar-refractivity contribution >= 4 is 60.6 Å². The number of ether oxygens (including phenoxy) is 2. The summed E-state index contributed by atoms with van der Waals surface area (Å²) in [4.78, 5) is 12.2. The molecule has 1 amide bonds. The number of rotatable bonds is 9. The fourth-order valence-electron chi connectivity index (χ4n) is 2.91. The van der Waals surface area contributed by atoms with Crippen molar-refractivity contribution in [3.8, 4) is 11.5 Å². The SMILES string of the molecule is CCOc1ccc(NS(=O)(=O)c2ccc(NC(=S)NC(=O)COc3ccc(C)cc3Br)cc2)cc1. The molecule has 0 aliphatic rings. The molecule has 0 atom stereocenters. The van der Waals surface area contributed by atoms with Crippen LogP contribution in [0, 0.1) is 6.92 Å². The number of hydrogen-bond donors (Lipinski definition) is 3. The molecule has 0 spiro atoms. The van der Waals surface area contributed by atoms with Crippen LogP contribution in [0.3, 0.4) is 0 Å². The molecule has 0 aliphatic heterocycles. The predicted molar refractivity (Wildman–Crippen MR) is 144 cm³/mol. The molecule has 3 aromatic rings. The molecule has 0 saturated carbocycles. The van der Waals surface area contributed by atoms with E-state index in [1.54, 1.807) is 42.5 Å². The van der Waals surface area contributed by atoms with E-state index in [1.165, 1.54) is 12.1 Å². The summed E-state index contributed by atoms with van der Waals surface area (Å²) in [6.45, 7) is 4.12. The zero-order chi connectivity index (χ0) is 25.4. The number of benzene rings is 3. The highest BCUT2D eigenvalue weighted by Gasteiger charge is 2.15. The number of hydrogen-bond acceptors (Lipinski definition) is 6. The third-order valence-corrected chi connectivity index (χ3v) is 6.76. The van der Waals surface area contributed by atoms with Gasteiger partial charge in [0.05, 0.1) is 16.0 Å². The van der Waals surface area contributed by atoms with Crippen LogP contribution < -0.4 is 24.8 Å². The molecule has 8 nitrogen and oxygen atoms in total. The summed E-state index contributed by atoms with van der Waals surface area (Å²) in [7, 11) is -3.78. The summed E-state index contributed by atoms with van der Waals surface area (Å²) in [5.41, 5.74) is 1.99. The molecule has 0 aliphatic carbocycles. The van der Waals surface area contributed by atoms with Gasteiger partial charge in [0.25, 0.3) is 15.9 Å². The number of aryl methyl sites for hydroxylation is 1. The maximum Gasteiger partial charge on any atom is 0.264 e. The van der Waals surface area contributed by atoms with Gasteiger partial charge < -0.3 is 14.8 Å². The van der Waals surface area contributed by atoms with Crippen molar-refractivity contribution in [1.82, 2.24) is 5.32 Å². The first-order valence-electron chi connectivity index (χ1n) is 10.5. The van der Waals surface area contributed by atoms with Crippen LogP contribution in [0.15, 0.2) is 76.1 Å². The van der Waals surface area contributed by atoms with Crippen LogP contribution in [0.1, 0.15) is 12.5 Å². The lowest BCUT2D eigenvalue weighted by molar-refractivity contribution is -0.121. The summed E-state index contributed by atoms with van der Waals surface area (Å²) < 4.78 is 39.4. The molecule has 11 heteroatoms. The number of thiocarbonyl (C=S) groups is 1. The Bertz CT molecular complexity index is 1300. The molecule has 0 aromatic heterocycles. The number of amides is 1. The van der Waals surface area contributed by atoms with Gasteiger partial charge >= 0.3 is 0 Å². The second-order valence-corrected chi connectivity index (χ2v) is 10.3. The van der Waals surface area contributed by atoms with Gasteiger partial charge in [-0.25, -0.2) is 8.42 Å². The minimum Gasteiger partial charge on any atom is -0.494 e. The Morgan fingerprint density at radius 3 is 2.26 bits per heavy atom. The Morgan fingerprint density at radius 2 is 1.63 bits per heavy atom. The second kappa shape index (κ2) is 12.0. The summed E-state index contributed by atoms with van der Waals surface area (Å²) >= 11 is 8.55. The lowest BCUT2D eigenvalue weighted by Crippen LogP contribution is -2.37. The maximum atomic E-state index is 12.7. The van der Waals surface area contributed by atoms with E-state index in [4.69, 9.17) is 21.7 Å². The van der Waals surface area contributed by atoms with Crippen molar-refractivity contribution in [1.29, 1.82) is 0 Å². The minimum atomic E-state index is -3.78. The highest BCUT2D eigenvalue weighted by Crippen LogP contribution is 2.25. The van der Waals surface area contributed by atoms with Gasteiger partial charge in [-0.05, 0) is 108 Å². The van der Waals surface area contributed by atoms with Gasteiger partial charge in [0.15, 0.2) is 11.7 Å². The molecule has 3 rings (SSSR count). The van der Waals surface area contributed by atoms with Crippen LogP contribution in [-0.4, -0.2) is 32.7 Å². The molecule has 0 bridgehead atoms. The third-order valence-electron chi connectivity index (χ3n) is 4.54. The highest BCUT2D eigenvalue weighted by atomic mass is 79.9. The van der Waals surface area contributed by atoms with E-state index in [0.29, 0.717) is 29.5 Å². The van der Waals surface area contributed by atoms with Crippen molar-refractivity contribution in [2.24, 2.45) is 0 Å². The van der Waals surface area contributed by atoms with Gasteiger partial charge in [0.2, 0.25) is 0 Å². The van der Waals surface area contributed by atoms with Gasteiger partial charge in [-0.3, -0.25) is 14.8 Å². The quantitative estimate of drug-likeness (QED) is 0.312. The number of sulfonamides is 1. The van der Waals surface area contributed by atoms with Crippen molar-refractivity contribution < 1.29 is 22.7 Å². The van der Waals surface area contributed by atoms with E-state index in [2.05, 4.69) is 31.3 Å². The molecule has 0 heterocycles. The van der Waals surface area contributed by atoms with Gasteiger partial charge in [0.1, 0.15) is 11.5 Å². The Balaban J connectivity index is 1.52. The van der Waals surface area contributed by atoms with E-state index < -0.39 is 15.9 Å². The molecule has 3 aromatic carbocycles. The van der Waals surface area contributed by atoms with Crippen molar-refractivity contribution in [3.05, 3.63) is 76.8 Å². The highest BCUT2D eigenvalue weighted by molar-refractivity contribution is 9.10. The zero-order valence-corrected chi connectivity index (χ0v) is 22.2. The summed E-state index contributed by atoms with van der Waals surface area (Å²) in [5, 5.41) is 5.42. The van der Waals surface area contributed by atoms with Crippen LogP contribution in [0.25, 0.3) is 0 Å². The monoisotopic (exact) mass is 577 g/mol. The predicted octanol–water partition coefficient (Wildman–Crippen LogP) is 4.85. The molecule has 0 unspecified atom stereocenters. The van der Waals surface area contributed by atoms with E-state index >= 15 is 0 Å². The summed E-state index contributed by atoms with van der Waals surface area (Å²) in [5.74, 6) is 0.762. The van der Waals surface area contributed by atoms with Crippen molar-refractivity contribution in [3.63, 3.8) is 0 Å². The lowest BCUT2D eigenvalue weighted by atomic mass is 10.2. The van der Waals surface area contributed by atoms with Crippen molar-refractivity contribution in [2.45, 2.75) is 18.7 Å². The van der Waals surface area contributed by atoms with E-state index in [-0.39, 0.29) is 16.6 Å². The fourth-order valence-corrected chi connectivity index (χ4v) is 4.81. The standard InChI is InChI=1S/C24H24BrN3O5S2/c1-3-32-19-9-5-18(6-10-19)28-35(30,31)20-11-7-17(8-12-20)26-24(34)27-23(29)15-33-22-13-4-16(2)14-21(22)25/h4-14,28H,3,15H2,1-2H3,(H2,26,27,29,34). The number of nitrogens with one attached hydrogen (secondary N) is 3. The minimum absolute atomic E-state index is 0.0599. The lowest BCUT2D eigenvalue weighted by Gasteiger charge is -2.12. The van der Waals surface area contributed by atoms with Gasteiger partial charge in [-0.15, -0.1) is 0 Å². The average molecular weight is 579 g/mol.